The van der Waals surface area contributed by atoms with Crippen LogP contribution in [0.2, 0.25) is 5.02 Å². The maximum absolute atomic E-state index is 13.0. The molecular formula is C21H18ClF3N4OS. The topological polar surface area (TPSA) is 49.8 Å². The zero-order chi connectivity index (χ0) is 21.8. The smallest absolute Gasteiger partial charge is 0.378 e. The molecule has 0 unspecified atom stereocenters. The number of nitrogens with one attached hydrogen (secondary N) is 1. The quantitative estimate of drug-likeness (QED) is 0.383. The van der Waals surface area contributed by atoms with E-state index in [2.05, 4.69) is 15.4 Å². The summed E-state index contributed by atoms with van der Waals surface area (Å²) in [6.07, 6.45) is -2.91. The van der Waals surface area contributed by atoms with E-state index in [0.717, 1.165) is 46.5 Å². The van der Waals surface area contributed by atoms with Crippen LogP contribution < -0.4 is 10.3 Å². The Kier molecular flexibility index (Phi) is 6.45. The Morgan fingerprint density at radius 3 is 2.58 bits per heavy atom. The summed E-state index contributed by atoms with van der Waals surface area (Å²) < 4.78 is 44.3. The molecule has 3 aromatic rings. The van der Waals surface area contributed by atoms with Crippen molar-refractivity contribution in [1.29, 1.82) is 0 Å². The highest BCUT2D eigenvalue weighted by molar-refractivity contribution is 7.17. The third kappa shape index (κ3) is 5.17. The minimum atomic E-state index is -4.46. The Balaban J connectivity index is 1.61. The number of hydrazone groups is 1. The molecule has 1 saturated heterocycles. The second-order valence-corrected chi connectivity index (χ2v) is 8.15. The van der Waals surface area contributed by atoms with Gasteiger partial charge in [-0.25, -0.2) is 4.98 Å². The Labute approximate surface area is 186 Å². The SMILES string of the molecule is FC(F)(F)c1ccc(Cl)c(NN=Cc2sc(N3CCOCC3)nc2-c2ccccc2)c1. The molecule has 2 heterocycles. The molecule has 0 bridgehead atoms. The van der Waals surface area contributed by atoms with E-state index in [4.69, 9.17) is 21.3 Å². The molecular weight excluding hydrogens is 449 g/mol. The van der Waals surface area contributed by atoms with Gasteiger partial charge in [-0.15, -0.1) is 0 Å². The van der Waals surface area contributed by atoms with Gasteiger partial charge in [-0.2, -0.15) is 18.3 Å². The van der Waals surface area contributed by atoms with Gasteiger partial charge in [-0.3, -0.25) is 5.43 Å². The summed E-state index contributed by atoms with van der Waals surface area (Å²) in [7, 11) is 0. The van der Waals surface area contributed by atoms with Crippen molar-refractivity contribution in [2.24, 2.45) is 5.10 Å². The second-order valence-electron chi connectivity index (χ2n) is 6.74. The highest BCUT2D eigenvalue weighted by Crippen LogP contribution is 2.35. The first-order valence-corrected chi connectivity index (χ1v) is 10.7. The number of halogens is 4. The van der Waals surface area contributed by atoms with Crippen molar-refractivity contribution in [3.05, 3.63) is 64.0 Å². The molecule has 0 atom stereocenters. The van der Waals surface area contributed by atoms with Crippen molar-refractivity contribution in [1.82, 2.24) is 4.98 Å². The van der Waals surface area contributed by atoms with Gasteiger partial charge in [0.25, 0.3) is 0 Å². The Morgan fingerprint density at radius 1 is 1.13 bits per heavy atom. The summed E-state index contributed by atoms with van der Waals surface area (Å²) >= 11 is 7.49. The van der Waals surface area contributed by atoms with Crippen molar-refractivity contribution < 1.29 is 17.9 Å². The molecule has 0 aliphatic carbocycles. The van der Waals surface area contributed by atoms with Crippen LogP contribution >= 0.6 is 22.9 Å². The summed E-state index contributed by atoms with van der Waals surface area (Å²) in [4.78, 5) is 7.72. The lowest BCUT2D eigenvalue weighted by Crippen LogP contribution is -2.36. The average Bonchev–Trinajstić information content (AvgIpc) is 3.20. The molecule has 1 N–H and O–H groups in total. The predicted molar refractivity (Wildman–Crippen MR) is 118 cm³/mol. The molecule has 1 aliphatic heterocycles. The van der Waals surface area contributed by atoms with Gasteiger partial charge in [0.2, 0.25) is 0 Å². The number of anilines is 2. The van der Waals surface area contributed by atoms with E-state index in [9.17, 15) is 13.2 Å². The first kappa shape index (κ1) is 21.6. The number of thiazole rings is 1. The maximum atomic E-state index is 13.0. The second kappa shape index (κ2) is 9.25. The number of ether oxygens (including phenoxy) is 1. The lowest BCUT2D eigenvalue weighted by molar-refractivity contribution is -0.137. The van der Waals surface area contributed by atoms with Crippen LogP contribution in [-0.2, 0) is 10.9 Å². The number of alkyl halides is 3. The molecule has 0 radical (unpaired) electrons. The molecule has 0 saturated carbocycles. The van der Waals surface area contributed by atoms with E-state index in [1.807, 2.05) is 30.3 Å². The van der Waals surface area contributed by atoms with E-state index in [1.165, 1.54) is 17.4 Å². The van der Waals surface area contributed by atoms with Gasteiger partial charge in [-0.1, -0.05) is 53.3 Å². The van der Waals surface area contributed by atoms with E-state index in [1.54, 1.807) is 6.21 Å². The molecule has 1 aromatic heterocycles. The normalized spacial score (nSPS) is 14.9. The van der Waals surface area contributed by atoms with Crippen molar-refractivity contribution in [3.63, 3.8) is 0 Å². The minimum Gasteiger partial charge on any atom is -0.378 e. The van der Waals surface area contributed by atoms with E-state index < -0.39 is 11.7 Å². The number of aromatic nitrogens is 1. The number of morpholine rings is 1. The lowest BCUT2D eigenvalue weighted by atomic mass is 10.1. The predicted octanol–water partition coefficient (Wildman–Crippen LogP) is 5.76. The van der Waals surface area contributed by atoms with Gasteiger partial charge in [0.1, 0.15) is 0 Å². The van der Waals surface area contributed by atoms with Crippen LogP contribution in [0.4, 0.5) is 24.0 Å². The Morgan fingerprint density at radius 2 is 1.87 bits per heavy atom. The van der Waals surface area contributed by atoms with Crippen LogP contribution in [-0.4, -0.2) is 37.5 Å². The standard InChI is InChI=1S/C21H18ClF3N4OS/c22-16-7-6-15(21(23,24)25)12-17(16)28-26-13-18-19(14-4-2-1-3-5-14)27-20(31-18)29-8-10-30-11-9-29/h1-7,12-13,28H,8-11H2. The number of hydrogen-bond acceptors (Lipinski definition) is 6. The van der Waals surface area contributed by atoms with Crippen LogP contribution in [0, 0.1) is 0 Å². The number of benzene rings is 2. The summed E-state index contributed by atoms with van der Waals surface area (Å²) in [5.41, 5.74) is 3.59. The fourth-order valence-corrected chi connectivity index (χ4v) is 4.22. The maximum Gasteiger partial charge on any atom is 0.416 e. The first-order chi connectivity index (χ1) is 14.9. The minimum absolute atomic E-state index is 0.0759. The summed E-state index contributed by atoms with van der Waals surface area (Å²) in [6.45, 7) is 2.77. The molecule has 0 spiro atoms. The van der Waals surface area contributed by atoms with Crippen LogP contribution in [0.1, 0.15) is 10.4 Å². The average molecular weight is 467 g/mol. The van der Waals surface area contributed by atoms with Gasteiger partial charge in [0, 0.05) is 18.7 Å². The highest BCUT2D eigenvalue weighted by atomic mass is 35.5. The van der Waals surface area contributed by atoms with Gasteiger partial charge in [0.15, 0.2) is 5.13 Å². The van der Waals surface area contributed by atoms with E-state index >= 15 is 0 Å². The molecule has 2 aromatic carbocycles. The molecule has 31 heavy (non-hydrogen) atoms. The Hall–Kier alpha value is -2.62. The molecule has 5 nitrogen and oxygen atoms in total. The van der Waals surface area contributed by atoms with Crippen LogP contribution in [0.3, 0.4) is 0 Å². The third-order valence-electron chi connectivity index (χ3n) is 4.63. The van der Waals surface area contributed by atoms with Crippen molar-refractivity contribution in [3.8, 4) is 11.3 Å². The van der Waals surface area contributed by atoms with Crippen LogP contribution in [0.25, 0.3) is 11.3 Å². The molecule has 10 heteroatoms. The lowest BCUT2D eigenvalue weighted by Gasteiger charge is -2.26. The molecule has 0 amide bonds. The third-order valence-corrected chi connectivity index (χ3v) is 6.01. The van der Waals surface area contributed by atoms with Crippen molar-refractivity contribution >= 4 is 40.0 Å². The monoisotopic (exact) mass is 466 g/mol. The zero-order valence-corrected chi connectivity index (χ0v) is 17.8. The molecule has 1 fully saturated rings. The number of nitrogens with zero attached hydrogens (tertiary/aromatic N) is 3. The van der Waals surface area contributed by atoms with Crippen LogP contribution in [0.5, 0.6) is 0 Å². The van der Waals surface area contributed by atoms with E-state index in [-0.39, 0.29) is 10.7 Å². The van der Waals surface area contributed by atoms with Crippen molar-refractivity contribution in [2.45, 2.75) is 6.18 Å². The number of hydrogen-bond donors (Lipinski definition) is 1. The molecule has 162 valence electrons. The van der Waals surface area contributed by atoms with Crippen LogP contribution in [0.15, 0.2) is 53.6 Å². The molecule has 1 aliphatic rings. The van der Waals surface area contributed by atoms with Gasteiger partial charge in [-0.05, 0) is 18.2 Å². The highest BCUT2D eigenvalue weighted by Gasteiger charge is 2.31. The van der Waals surface area contributed by atoms with Gasteiger partial charge >= 0.3 is 6.18 Å². The summed E-state index contributed by atoms with van der Waals surface area (Å²) in [5, 5.41) is 5.13. The first-order valence-electron chi connectivity index (χ1n) is 9.46. The largest absolute Gasteiger partial charge is 0.416 e. The van der Waals surface area contributed by atoms with Gasteiger partial charge < -0.3 is 9.64 Å². The summed E-state index contributed by atoms with van der Waals surface area (Å²) in [5.74, 6) is 0. The zero-order valence-electron chi connectivity index (χ0n) is 16.2. The fourth-order valence-electron chi connectivity index (χ4n) is 3.05. The molecule has 4 rings (SSSR count). The van der Waals surface area contributed by atoms with E-state index in [0.29, 0.717) is 13.2 Å². The fraction of sp³-hybridized carbons (Fsp3) is 0.238. The Bertz CT molecular complexity index is 1070. The summed E-state index contributed by atoms with van der Waals surface area (Å²) in [6, 6.07) is 12.7. The van der Waals surface area contributed by atoms with Gasteiger partial charge in [0.05, 0.1) is 46.3 Å². The number of rotatable bonds is 5. The van der Waals surface area contributed by atoms with Crippen molar-refractivity contribution in [2.75, 3.05) is 36.6 Å².